The Labute approximate surface area is 168 Å². The van der Waals surface area contributed by atoms with Crippen LogP contribution < -0.4 is 15.5 Å². The van der Waals surface area contributed by atoms with Gasteiger partial charge in [-0.15, -0.1) is 0 Å². The fourth-order valence-corrected chi connectivity index (χ4v) is 3.00. The Balaban J connectivity index is 1.83. The predicted octanol–water partition coefficient (Wildman–Crippen LogP) is 3.40. The molecule has 0 unspecified atom stereocenters. The number of benzene rings is 2. The number of imide groups is 1. The molecule has 2 N–H and O–H groups in total. The lowest BCUT2D eigenvalue weighted by atomic mass is 10.1. The Morgan fingerprint density at radius 3 is 2.28 bits per heavy atom. The Morgan fingerprint density at radius 2 is 1.69 bits per heavy atom. The number of nitrogens with one attached hydrogen (secondary N) is 2. The predicted molar refractivity (Wildman–Crippen MR) is 99.2 cm³/mol. The lowest BCUT2D eigenvalue weighted by Gasteiger charge is -2.29. The molecule has 2 aromatic rings. The van der Waals surface area contributed by atoms with Crippen molar-refractivity contribution in [3.05, 3.63) is 65.2 Å². The number of aryl methyl sites for hydroxylation is 1. The Bertz CT molecular complexity index is 935. The van der Waals surface area contributed by atoms with Gasteiger partial charge in [-0.25, -0.2) is 9.69 Å². The van der Waals surface area contributed by atoms with Crippen molar-refractivity contribution in [2.24, 2.45) is 0 Å². The van der Waals surface area contributed by atoms with Gasteiger partial charge in [-0.3, -0.25) is 14.9 Å². The molecule has 1 aliphatic heterocycles. The fourth-order valence-electron chi connectivity index (χ4n) is 2.88. The zero-order chi connectivity index (χ0) is 21.2. The van der Waals surface area contributed by atoms with Crippen LogP contribution in [0.1, 0.15) is 12.0 Å². The molecular weight excluding hydrogens is 411 g/mol. The van der Waals surface area contributed by atoms with E-state index < -0.39 is 29.7 Å². The average molecular weight is 426 g/mol. The lowest BCUT2D eigenvalue weighted by Crippen LogP contribution is -2.69. The summed E-state index contributed by atoms with van der Waals surface area (Å²) in [5.74, 6) is -2.68. The number of anilines is 1. The summed E-state index contributed by atoms with van der Waals surface area (Å²) in [4.78, 5) is 37.4. The molecule has 1 aliphatic rings. The molecule has 3 rings (SSSR count). The molecule has 0 saturated carbocycles. The van der Waals surface area contributed by atoms with Gasteiger partial charge in [0.1, 0.15) is 0 Å². The van der Waals surface area contributed by atoms with Crippen molar-refractivity contribution in [3.8, 4) is 0 Å². The lowest BCUT2D eigenvalue weighted by molar-refractivity contribution is -0.201. The van der Waals surface area contributed by atoms with Gasteiger partial charge in [0.25, 0.3) is 11.6 Å². The molecule has 4 amide bonds. The summed E-state index contributed by atoms with van der Waals surface area (Å²) in [5, 5.41) is 3.55. The maximum absolute atomic E-state index is 13.8. The van der Waals surface area contributed by atoms with Crippen LogP contribution in [0.3, 0.4) is 0 Å². The van der Waals surface area contributed by atoms with Crippen molar-refractivity contribution < 1.29 is 27.6 Å². The smallest absolute Gasteiger partial charge is 0.318 e. The quantitative estimate of drug-likeness (QED) is 0.721. The summed E-state index contributed by atoms with van der Waals surface area (Å²) in [6, 6.07) is 12.5. The molecule has 0 aliphatic carbocycles. The molecule has 29 heavy (non-hydrogen) atoms. The van der Waals surface area contributed by atoms with Crippen LogP contribution in [0.25, 0.3) is 0 Å². The maximum atomic E-state index is 13.8. The highest BCUT2D eigenvalue weighted by Crippen LogP contribution is 2.36. The molecule has 10 heteroatoms. The van der Waals surface area contributed by atoms with Crippen molar-refractivity contribution in [1.82, 2.24) is 10.6 Å². The summed E-state index contributed by atoms with van der Waals surface area (Å²) in [6.45, 7) is 0. The monoisotopic (exact) mass is 425 g/mol. The SMILES string of the molecule is O=C(CCc1ccccc1)N[C@]1(C(F)(F)F)NC(=O)N(c2ccc(Cl)cc2)C1=O. The van der Waals surface area contributed by atoms with Crippen LogP contribution in [0.2, 0.25) is 5.02 Å². The number of rotatable bonds is 5. The van der Waals surface area contributed by atoms with Crippen LogP contribution in [0.15, 0.2) is 54.6 Å². The largest absolute Gasteiger partial charge is 0.440 e. The maximum Gasteiger partial charge on any atom is 0.440 e. The van der Waals surface area contributed by atoms with E-state index in [0.717, 1.165) is 5.56 Å². The molecule has 1 atom stereocenters. The zero-order valence-electron chi connectivity index (χ0n) is 14.8. The minimum atomic E-state index is -5.26. The van der Waals surface area contributed by atoms with Crippen LogP contribution in [-0.2, 0) is 16.0 Å². The van der Waals surface area contributed by atoms with Gasteiger partial charge in [-0.05, 0) is 36.2 Å². The topological polar surface area (TPSA) is 78.5 Å². The molecular formula is C19H15ClF3N3O3. The molecule has 1 saturated heterocycles. The second-order valence-corrected chi connectivity index (χ2v) is 6.77. The third-order valence-electron chi connectivity index (χ3n) is 4.34. The third-order valence-corrected chi connectivity index (χ3v) is 4.59. The molecule has 0 bridgehead atoms. The Morgan fingerprint density at radius 1 is 1.07 bits per heavy atom. The first-order valence-electron chi connectivity index (χ1n) is 8.48. The van der Waals surface area contributed by atoms with Crippen LogP contribution >= 0.6 is 11.6 Å². The highest BCUT2D eigenvalue weighted by Gasteiger charge is 2.69. The highest BCUT2D eigenvalue weighted by molar-refractivity contribution is 6.31. The second kappa shape index (κ2) is 7.75. The minimum absolute atomic E-state index is 0.110. The third kappa shape index (κ3) is 4.04. The van der Waals surface area contributed by atoms with Gasteiger partial charge in [0.15, 0.2) is 0 Å². The van der Waals surface area contributed by atoms with Gasteiger partial charge in [0.2, 0.25) is 5.91 Å². The molecule has 0 radical (unpaired) electrons. The van der Waals surface area contributed by atoms with E-state index in [0.29, 0.717) is 4.90 Å². The molecule has 2 aromatic carbocycles. The molecule has 152 valence electrons. The number of hydrogen-bond donors (Lipinski definition) is 2. The Hall–Kier alpha value is -3.07. The highest BCUT2D eigenvalue weighted by atomic mass is 35.5. The number of nitrogens with zero attached hydrogens (tertiary/aromatic N) is 1. The molecule has 0 spiro atoms. The summed E-state index contributed by atoms with van der Waals surface area (Å²) < 4.78 is 41.5. The van der Waals surface area contributed by atoms with E-state index in [-0.39, 0.29) is 23.6 Å². The number of carbonyl (C=O) groups is 3. The van der Waals surface area contributed by atoms with E-state index in [1.165, 1.54) is 24.3 Å². The Kier molecular flexibility index (Phi) is 5.52. The van der Waals surface area contributed by atoms with Gasteiger partial charge in [-0.2, -0.15) is 13.2 Å². The minimum Gasteiger partial charge on any atom is -0.318 e. The van der Waals surface area contributed by atoms with Gasteiger partial charge in [-0.1, -0.05) is 41.9 Å². The van der Waals surface area contributed by atoms with Gasteiger partial charge in [0, 0.05) is 11.4 Å². The normalized spacial score (nSPS) is 19.2. The van der Waals surface area contributed by atoms with Crippen molar-refractivity contribution in [2.45, 2.75) is 24.7 Å². The van der Waals surface area contributed by atoms with Crippen molar-refractivity contribution >= 4 is 35.1 Å². The fraction of sp³-hybridized carbons (Fsp3) is 0.211. The number of carbonyl (C=O) groups excluding carboxylic acids is 3. The van der Waals surface area contributed by atoms with Crippen LogP contribution in [0.5, 0.6) is 0 Å². The van der Waals surface area contributed by atoms with Gasteiger partial charge < -0.3 is 5.32 Å². The van der Waals surface area contributed by atoms with E-state index in [1.807, 2.05) is 0 Å². The van der Waals surface area contributed by atoms with Gasteiger partial charge in [0.05, 0.1) is 5.69 Å². The van der Waals surface area contributed by atoms with Crippen LogP contribution in [-0.4, -0.2) is 29.7 Å². The first-order chi connectivity index (χ1) is 13.6. The van der Waals surface area contributed by atoms with E-state index in [9.17, 15) is 27.6 Å². The molecule has 6 nitrogen and oxygen atoms in total. The first kappa shape index (κ1) is 20.7. The standard InChI is InChI=1S/C19H15ClF3N3O3/c20-13-7-9-14(10-8-13)26-16(28)18(19(21,22)23,25-17(26)29)24-15(27)11-6-12-4-2-1-3-5-12/h1-5,7-10H,6,11H2,(H,24,27)(H,25,29)/t18-/m0/s1. The van der Waals surface area contributed by atoms with Crippen LogP contribution in [0, 0.1) is 0 Å². The molecule has 1 fully saturated rings. The first-order valence-corrected chi connectivity index (χ1v) is 8.86. The molecule has 0 aromatic heterocycles. The average Bonchev–Trinajstić information content (AvgIpc) is 2.92. The number of amides is 4. The van der Waals surface area contributed by atoms with Crippen LogP contribution in [0.4, 0.5) is 23.7 Å². The van der Waals surface area contributed by atoms with Crippen molar-refractivity contribution in [2.75, 3.05) is 4.90 Å². The number of halogens is 4. The number of alkyl halides is 3. The summed E-state index contributed by atoms with van der Waals surface area (Å²) in [5.41, 5.74) is -2.91. The summed E-state index contributed by atoms with van der Waals surface area (Å²) in [6.07, 6.45) is -5.39. The molecule has 1 heterocycles. The number of urea groups is 1. The van der Waals surface area contributed by atoms with Crippen molar-refractivity contribution in [1.29, 1.82) is 0 Å². The summed E-state index contributed by atoms with van der Waals surface area (Å²) >= 11 is 5.73. The zero-order valence-corrected chi connectivity index (χ0v) is 15.6. The van der Waals surface area contributed by atoms with E-state index in [4.69, 9.17) is 11.6 Å². The second-order valence-electron chi connectivity index (χ2n) is 6.33. The van der Waals surface area contributed by atoms with E-state index in [1.54, 1.807) is 41.0 Å². The van der Waals surface area contributed by atoms with E-state index >= 15 is 0 Å². The van der Waals surface area contributed by atoms with Crippen molar-refractivity contribution in [3.63, 3.8) is 0 Å². The summed E-state index contributed by atoms with van der Waals surface area (Å²) in [7, 11) is 0. The van der Waals surface area contributed by atoms with E-state index in [2.05, 4.69) is 0 Å². The number of hydrogen-bond acceptors (Lipinski definition) is 3. The van der Waals surface area contributed by atoms with Gasteiger partial charge >= 0.3 is 12.2 Å².